The van der Waals surface area contributed by atoms with Gasteiger partial charge in [-0.1, -0.05) is 349 Å². The van der Waals surface area contributed by atoms with Crippen molar-refractivity contribution in [2.45, 2.75) is 392 Å². The standard InChI is InChI=1S/C64H131NO2/c1-6-11-16-21-26-31-36-41-46-51-56-63(57-52-47-42-37-32-27-22-17-12-7-2,65(61-62-66)60-55-50-45-40-35-30-25-20-15-10-5)64(67,58-53-48-43-38-33-28-23-18-13-8-3)59-54-49-44-39-34-29-24-19-14-9-4/h66-67H,6-62H2,1-5H3. The predicted octanol–water partition coefficient (Wildman–Crippen LogP) is 21.9. The van der Waals surface area contributed by atoms with E-state index >= 15 is 0 Å². The Morgan fingerprint density at radius 1 is 0.239 bits per heavy atom. The predicted molar refractivity (Wildman–Crippen MR) is 304 cm³/mol. The number of nitrogens with zero attached hydrogens (tertiary/aromatic N) is 1. The topological polar surface area (TPSA) is 43.7 Å². The van der Waals surface area contributed by atoms with Crippen LogP contribution in [0.15, 0.2) is 0 Å². The van der Waals surface area contributed by atoms with E-state index in [1.807, 2.05) is 0 Å². The van der Waals surface area contributed by atoms with Crippen LogP contribution in [0.5, 0.6) is 0 Å². The van der Waals surface area contributed by atoms with E-state index < -0.39 is 5.60 Å². The number of β-amino-alcohol motifs (C(OH)–C–C–N with tert-alkyl or cyclic N) is 1. The van der Waals surface area contributed by atoms with E-state index in [1.165, 1.54) is 308 Å². The highest BCUT2D eigenvalue weighted by Crippen LogP contribution is 2.45. The average molecular weight is 947 g/mol. The molecule has 0 radical (unpaired) electrons. The van der Waals surface area contributed by atoms with E-state index in [4.69, 9.17) is 0 Å². The lowest BCUT2D eigenvalue weighted by Gasteiger charge is -2.55. The fourth-order valence-corrected chi connectivity index (χ4v) is 11.9. The van der Waals surface area contributed by atoms with Gasteiger partial charge in [0.2, 0.25) is 0 Å². The highest BCUT2D eigenvalue weighted by Gasteiger charge is 2.51. The molecule has 3 heteroatoms. The molecule has 0 saturated carbocycles. The molecule has 0 spiro atoms. The molecule has 2 N–H and O–H groups in total. The lowest BCUT2D eigenvalue weighted by molar-refractivity contribution is -0.140. The van der Waals surface area contributed by atoms with Crippen molar-refractivity contribution >= 4 is 0 Å². The summed E-state index contributed by atoms with van der Waals surface area (Å²) >= 11 is 0. The molecule has 67 heavy (non-hydrogen) atoms. The first kappa shape index (κ1) is 66.9. The first-order chi connectivity index (χ1) is 33.0. The van der Waals surface area contributed by atoms with Crippen molar-refractivity contribution in [3.8, 4) is 0 Å². The monoisotopic (exact) mass is 946 g/mol. The summed E-state index contributed by atoms with van der Waals surface area (Å²) in [6, 6.07) is 0. The van der Waals surface area contributed by atoms with Crippen LogP contribution in [0.1, 0.15) is 381 Å². The van der Waals surface area contributed by atoms with Crippen LogP contribution >= 0.6 is 0 Å². The minimum absolute atomic E-state index is 0.210. The molecule has 0 aliphatic carbocycles. The average Bonchev–Trinajstić information content (AvgIpc) is 3.33. The molecule has 0 aliphatic rings. The SMILES string of the molecule is CCCCCCCCCCCCN(CCO)C(CCCCCCCCCCCC)(CCCCCCCCCCCC)C(O)(CCCCCCCCCCCC)CCCCCCCCCCCC. The molecule has 0 aliphatic heterocycles. The Bertz CT molecular complexity index is 857. The summed E-state index contributed by atoms with van der Waals surface area (Å²) < 4.78 is 0. The Balaban J connectivity index is 6.40. The molecule has 0 rings (SSSR count). The van der Waals surface area contributed by atoms with Crippen molar-refractivity contribution < 1.29 is 10.2 Å². The fourth-order valence-electron chi connectivity index (χ4n) is 11.9. The quantitative estimate of drug-likeness (QED) is 0.0597. The van der Waals surface area contributed by atoms with Gasteiger partial charge in [0, 0.05) is 12.1 Å². The zero-order valence-electron chi connectivity index (χ0n) is 47.6. The second kappa shape index (κ2) is 53.7. The number of aliphatic hydroxyl groups is 2. The van der Waals surface area contributed by atoms with Crippen molar-refractivity contribution in [2.24, 2.45) is 0 Å². The highest BCUT2D eigenvalue weighted by molar-refractivity contribution is 5.07. The van der Waals surface area contributed by atoms with Crippen LogP contribution in [0.25, 0.3) is 0 Å². The second-order valence-electron chi connectivity index (χ2n) is 22.7. The van der Waals surface area contributed by atoms with Crippen molar-refractivity contribution in [1.29, 1.82) is 0 Å². The summed E-state index contributed by atoms with van der Waals surface area (Å²) in [5.41, 5.74) is -0.937. The second-order valence-corrected chi connectivity index (χ2v) is 22.7. The van der Waals surface area contributed by atoms with Gasteiger partial charge in [-0.2, -0.15) is 0 Å². The van der Waals surface area contributed by atoms with Crippen LogP contribution in [0.4, 0.5) is 0 Å². The van der Waals surface area contributed by atoms with Gasteiger partial charge in [-0.3, -0.25) is 4.90 Å². The van der Waals surface area contributed by atoms with E-state index in [1.54, 1.807) is 0 Å². The van der Waals surface area contributed by atoms with Crippen LogP contribution in [0, 0.1) is 0 Å². The van der Waals surface area contributed by atoms with Gasteiger partial charge >= 0.3 is 0 Å². The Hall–Kier alpha value is -0.120. The highest BCUT2D eigenvalue weighted by atomic mass is 16.3. The van der Waals surface area contributed by atoms with Crippen LogP contribution in [-0.4, -0.2) is 45.9 Å². The number of aliphatic hydroxyl groups excluding tert-OH is 1. The molecular formula is C64H131NO2. The normalized spacial score (nSPS) is 12.4. The third-order valence-electron chi connectivity index (χ3n) is 16.4. The molecule has 0 unspecified atom stereocenters. The van der Waals surface area contributed by atoms with Crippen LogP contribution in [-0.2, 0) is 0 Å². The summed E-state index contributed by atoms with van der Waals surface area (Å²) in [6.07, 6.45) is 71.8. The lowest BCUT2D eigenvalue weighted by Crippen LogP contribution is -2.65. The van der Waals surface area contributed by atoms with Gasteiger partial charge in [-0.15, -0.1) is 0 Å². The molecule has 0 amide bonds. The summed E-state index contributed by atoms with van der Waals surface area (Å²) in [6.45, 7) is 13.6. The van der Waals surface area contributed by atoms with E-state index in [2.05, 4.69) is 39.5 Å². The maximum absolute atomic E-state index is 13.9. The molecule has 0 heterocycles. The first-order valence-corrected chi connectivity index (χ1v) is 32.1. The number of hydrogen-bond donors (Lipinski definition) is 2. The first-order valence-electron chi connectivity index (χ1n) is 32.1. The molecular weight excluding hydrogens is 815 g/mol. The van der Waals surface area contributed by atoms with E-state index in [0.717, 1.165) is 51.6 Å². The van der Waals surface area contributed by atoms with Gasteiger partial charge in [-0.25, -0.2) is 0 Å². The molecule has 0 atom stereocenters. The summed E-state index contributed by atoms with van der Waals surface area (Å²) in [7, 11) is 0. The molecule has 0 bridgehead atoms. The summed E-state index contributed by atoms with van der Waals surface area (Å²) in [4.78, 5) is 2.77. The van der Waals surface area contributed by atoms with Crippen molar-refractivity contribution in [2.75, 3.05) is 19.7 Å². The zero-order chi connectivity index (χ0) is 48.9. The number of unbranched alkanes of at least 4 members (excludes halogenated alkanes) is 45. The Morgan fingerprint density at radius 3 is 0.657 bits per heavy atom. The number of rotatable bonds is 59. The van der Waals surface area contributed by atoms with E-state index in [-0.39, 0.29) is 12.1 Å². The Labute approximate surface area is 425 Å². The van der Waals surface area contributed by atoms with E-state index in [9.17, 15) is 10.2 Å². The minimum atomic E-state index is -0.695. The molecule has 0 saturated heterocycles. The van der Waals surface area contributed by atoms with Gasteiger partial charge in [-0.05, 0) is 38.6 Å². The van der Waals surface area contributed by atoms with Gasteiger partial charge in [0.1, 0.15) is 0 Å². The Morgan fingerprint density at radius 2 is 0.433 bits per heavy atom. The maximum Gasteiger partial charge on any atom is 0.0830 e. The van der Waals surface area contributed by atoms with Gasteiger partial charge in [0.05, 0.1) is 12.2 Å². The van der Waals surface area contributed by atoms with Crippen molar-refractivity contribution in [3.05, 3.63) is 0 Å². The Kier molecular flexibility index (Phi) is 53.6. The van der Waals surface area contributed by atoms with Crippen LogP contribution in [0.3, 0.4) is 0 Å². The zero-order valence-corrected chi connectivity index (χ0v) is 47.6. The molecule has 0 aromatic heterocycles. The number of hydrogen-bond acceptors (Lipinski definition) is 3. The molecule has 404 valence electrons. The van der Waals surface area contributed by atoms with E-state index in [0.29, 0.717) is 0 Å². The molecule has 0 aromatic rings. The third-order valence-corrected chi connectivity index (χ3v) is 16.4. The van der Waals surface area contributed by atoms with Gasteiger partial charge in [0.25, 0.3) is 0 Å². The fraction of sp³-hybridized carbons (Fsp3) is 1.00. The molecule has 0 aromatic carbocycles. The van der Waals surface area contributed by atoms with Crippen molar-refractivity contribution in [3.63, 3.8) is 0 Å². The summed E-state index contributed by atoms with van der Waals surface area (Å²) in [5, 5.41) is 24.8. The van der Waals surface area contributed by atoms with Crippen LogP contribution < -0.4 is 0 Å². The lowest BCUT2D eigenvalue weighted by atomic mass is 9.66. The summed E-state index contributed by atoms with van der Waals surface area (Å²) in [5.74, 6) is 0. The largest absolute Gasteiger partial charge is 0.395 e. The van der Waals surface area contributed by atoms with Crippen LogP contribution in [0.2, 0.25) is 0 Å². The third kappa shape index (κ3) is 40.1. The molecule has 3 nitrogen and oxygen atoms in total. The molecule has 0 fully saturated rings. The smallest absolute Gasteiger partial charge is 0.0830 e. The van der Waals surface area contributed by atoms with Gasteiger partial charge < -0.3 is 10.2 Å². The minimum Gasteiger partial charge on any atom is -0.395 e. The van der Waals surface area contributed by atoms with Crippen molar-refractivity contribution in [1.82, 2.24) is 4.90 Å². The van der Waals surface area contributed by atoms with Gasteiger partial charge in [0.15, 0.2) is 0 Å². The maximum atomic E-state index is 13.9.